The van der Waals surface area contributed by atoms with E-state index in [1.54, 1.807) is 0 Å². The summed E-state index contributed by atoms with van der Waals surface area (Å²) in [4.78, 5) is 47.5. The Morgan fingerprint density at radius 1 is 0.574 bits per heavy atom. The third kappa shape index (κ3) is 8.40. The molecule has 0 saturated heterocycles. The predicted molar refractivity (Wildman–Crippen MR) is 205 cm³/mol. The Morgan fingerprint density at radius 3 is 1.11 bits per heavy atom. The Hall–Kier alpha value is -6.52. The van der Waals surface area contributed by atoms with Crippen LogP contribution in [0.1, 0.15) is 73.6 Å². The number of carboxylic acids is 2. The highest BCUT2D eigenvalue weighted by atomic mass is 16.6. The minimum atomic E-state index is -1.46. The number of aliphatic carboxylic acids is 2. The van der Waals surface area contributed by atoms with Crippen LogP contribution in [0.3, 0.4) is 0 Å². The summed E-state index contributed by atoms with van der Waals surface area (Å²) in [6, 6.07) is 32.1. The highest BCUT2D eigenvalue weighted by Gasteiger charge is 2.37. The number of benzene rings is 4. The fourth-order valence-corrected chi connectivity index (χ4v) is 6.81. The van der Waals surface area contributed by atoms with E-state index in [1.807, 2.05) is 72.8 Å². The Balaban J connectivity index is 0.000000208. The van der Waals surface area contributed by atoms with Gasteiger partial charge in [-0.25, -0.2) is 19.2 Å². The predicted octanol–water partition coefficient (Wildman–Crippen LogP) is 7.56. The van der Waals surface area contributed by atoms with E-state index in [-0.39, 0.29) is 50.7 Å². The molecule has 4 N–H and O–H groups in total. The molecule has 0 spiro atoms. The molecule has 0 fully saturated rings. The van der Waals surface area contributed by atoms with Gasteiger partial charge in [0, 0.05) is 24.7 Å². The molecule has 54 heavy (non-hydrogen) atoms. The molecule has 0 unspecified atom stereocenters. The van der Waals surface area contributed by atoms with Gasteiger partial charge >= 0.3 is 24.1 Å². The zero-order valence-electron chi connectivity index (χ0n) is 30.1. The first-order valence-corrected chi connectivity index (χ1v) is 17.5. The molecule has 4 aromatic rings. The number of carbonyl (C=O) groups excluding carboxylic acids is 2. The Kier molecular flexibility index (Phi) is 12.1. The molecule has 0 heterocycles. The number of hydrogen-bond acceptors (Lipinski definition) is 6. The molecule has 276 valence electrons. The molecular formula is C44H42N2O8. The van der Waals surface area contributed by atoms with Crippen molar-refractivity contribution < 1.29 is 38.9 Å². The summed E-state index contributed by atoms with van der Waals surface area (Å²) in [5.74, 6) is 2.34. The first-order valence-electron chi connectivity index (χ1n) is 17.5. The van der Waals surface area contributed by atoms with E-state index in [4.69, 9.17) is 22.3 Å². The largest absolute Gasteiger partial charge is 0.480 e. The summed E-state index contributed by atoms with van der Waals surface area (Å²) in [7, 11) is 0. The van der Waals surface area contributed by atoms with E-state index in [9.17, 15) is 29.4 Å². The van der Waals surface area contributed by atoms with Gasteiger partial charge in [-0.1, -0.05) is 97.1 Å². The number of carbonyl (C=O) groups is 4. The van der Waals surface area contributed by atoms with Gasteiger partial charge in [-0.15, -0.1) is 24.7 Å². The highest BCUT2D eigenvalue weighted by molar-refractivity contribution is 5.85. The number of nitrogens with one attached hydrogen (secondary N) is 2. The summed E-state index contributed by atoms with van der Waals surface area (Å²) >= 11 is 0. The maximum absolute atomic E-state index is 12.3. The lowest BCUT2D eigenvalue weighted by Crippen LogP contribution is -2.52. The zero-order chi connectivity index (χ0) is 38.9. The van der Waals surface area contributed by atoms with Crippen LogP contribution in [0.4, 0.5) is 9.59 Å². The molecular weight excluding hydrogens is 684 g/mol. The van der Waals surface area contributed by atoms with E-state index in [2.05, 4.69) is 46.7 Å². The van der Waals surface area contributed by atoms with Gasteiger partial charge in [0.15, 0.2) is 0 Å². The van der Waals surface area contributed by atoms with Crippen molar-refractivity contribution in [1.82, 2.24) is 10.6 Å². The van der Waals surface area contributed by atoms with Crippen LogP contribution < -0.4 is 10.6 Å². The summed E-state index contributed by atoms with van der Waals surface area (Å²) in [5.41, 5.74) is 5.99. The molecule has 0 aromatic heterocycles. The lowest BCUT2D eigenvalue weighted by Gasteiger charge is -2.25. The molecule has 10 heteroatoms. The van der Waals surface area contributed by atoms with Crippen molar-refractivity contribution >= 4 is 24.1 Å². The van der Waals surface area contributed by atoms with Crippen LogP contribution in [0.2, 0.25) is 0 Å². The third-order valence-electron chi connectivity index (χ3n) is 9.93. The van der Waals surface area contributed by atoms with Crippen LogP contribution in [0.15, 0.2) is 97.1 Å². The molecule has 4 aromatic carbocycles. The van der Waals surface area contributed by atoms with Crippen molar-refractivity contribution in [3.05, 3.63) is 119 Å². The van der Waals surface area contributed by atoms with E-state index >= 15 is 0 Å². The van der Waals surface area contributed by atoms with Gasteiger partial charge in [0.25, 0.3) is 0 Å². The van der Waals surface area contributed by atoms with Crippen LogP contribution in [0.25, 0.3) is 22.3 Å². The molecule has 2 aliphatic rings. The van der Waals surface area contributed by atoms with Crippen LogP contribution in [-0.2, 0) is 19.1 Å². The summed E-state index contributed by atoms with van der Waals surface area (Å²) in [6.07, 6.45) is 9.63. The number of rotatable bonds is 12. The van der Waals surface area contributed by atoms with E-state index in [0.29, 0.717) is 0 Å². The molecule has 0 radical (unpaired) electrons. The fourth-order valence-electron chi connectivity index (χ4n) is 6.81. The van der Waals surface area contributed by atoms with E-state index in [0.717, 1.165) is 44.5 Å². The molecule has 10 nitrogen and oxygen atoms in total. The molecule has 0 saturated carbocycles. The lowest BCUT2D eigenvalue weighted by molar-refractivity contribution is -0.145. The molecule has 0 aliphatic heterocycles. The van der Waals surface area contributed by atoms with Gasteiger partial charge in [0.05, 0.1) is 0 Å². The second-order valence-electron chi connectivity index (χ2n) is 13.6. The van der Waals surface area contributed by atoms with Crippen molar-refractivity contribution in [3.63, 3.8) is 0 Å². The minimum absolute atomic E-state index is 0.0788. The molecule has 2 amide bonds. The van der Waals surface area contributed by atoms with Gasteiger partial charge in [-0.2, -0.15) is 0 Å². The van der Waals surface area contributed by atoms with Crippen molar-refractivity contribution in [2.45, 2.75) is 62.4 Å². The standard InChI is InChI=1S/2C22H21NO4/c2*1-3-4-13-22(2,20(24)25)23-21(26)27-14-19-17-11-7-5-9-15(17)16-10-6-8-12-18(16)19/h2*1,5-12,19H,4,13-14H2,2H3,(H,23,26)(H,24,25)/t2*22-/m10/s1. The monoisotopic (exact) mass is 726 g/mol. The van der Waals surface area contributed by atoms with E-state index < -0.39 is 35.2 Å². The van der Waals surface area contributed by atoms with Crippen molar-refractivity contribution in [2.75, 3.05) is 13.2 Å². The van der Waals surface area contributed by atoms with Gasteiger partial charge < -0.3 is 30.3 Å². The van der Waals surface area contributed by atoms with Crippen molar-refractivity contribution in [2.24, 2.45) is 0 Å². The summed E-state index contributed by atoms with van der Waals surface area (Å²) in [6.45, 7) is 3.11. The topological polar surface area (TPSA) is 151 Å². The van der Waals surface area contributed by atoms with Crippen molar-refractivity contribution in [1.29, 1.82) is 0 Å². The van der Waals surface area contributed by atoms with Gasteiger partial charge in [0.1, 0.15) is 24.3 Å². The first kappa shape index (κ1) is 38.7. The number of carboxylic acid groups (broad SMARTS) is 2. The summed E-state index contributed by atoms with van der Waals surface area (Å²) in [5, 5.41) is 23.7. The number of fused-ring (bicyclic) bond motifs is 6. The molecule has 0 bridgehead atoms. The molecule has 2 atom stereocenters. The number of alkyl carbamates (subject to hydrolysis) is 2. The number of hydrogen-bond donors (Lipinski definition) is 4. The smallest absolute Gasteiger partial charge is 0.408 e. The fraction of sp³-hybridized carbons (Fsp3) is 0.273. The average Bonchev–Trinajstić information content (AvgIpc) is 3.67. The number of ether oxygens (including phenoxy) is 2. The lowest BCUT2D eigenvalue weighted by atomic mass is 9.96. The van der Waals surface area contributed by atoms with Gasteiger partial charge in [-0.3, -0.25) is 0 Å². The quantitative estimate of drug-likeness (QED) is 0.109. The maximum Gasteiger partial charge on any atom is 0.408 e. The normalized spacial score (nSPS) is 14.4. The minimum Gasteiger partial charge on any atom is -0.480 e. The van der Waals surface area contributed by atoms with E-state index in [1.165, 1.54) is 13.8 Å². The first-order chi connectivity index (χ1) is 25.9. The Bertz CT molecular complexity index is 1890. The Morgan fingerprint density at radius 2 is 0.852 bits per heavy atom. The summed E-state index contributed by atoms with van der Waals surface area (Å²) < 4.78 is 10.8. The SMILES string of the molecule is C#CCC[C@@](C)(NC(=O)OCC1c2ccccc2-c2ccccc21)C(=O)O.C#CCC[C@](C)(NC(=O)OCC1c2ccccc2-c2ccccc21)C(=O)O. The third-order valence-corrected chi connectivity index (χ3v) is 9.93. The van der Waals surface area contributed by atoms with Crippen LogP contribution in [0.5, 0.6) is 0 Å². The Labute approximate surface area is 314 Å². The second-order valence-corrected chi connectivity index (χ2v) is 13.6. The number of amides is 2. The number of terminal acetylenes is 2. The van der Waals surface area contributed by atoms with Crippen LogP contribution in [-0.4, -0.2) is 58.6 Å². The average molecular weight is 727 g/mol. The van der Waals surface area contributed by atoms with Crippen molar-refractivity contribution in [3.8, 4) is 46.9 Å². The van der Waals surface area contributed by atoms with Gasteiger partial charge in [-0.05, 0) is 71.2 Å². The second kappa shape index (κ2) is 16.9. The molecule has 2 aliphatic carbocycles. The zero-order valence-corrected chi connectivity index (χ0v) is 30.1. The molecule has 6 rings (SSSR count). The maximum atomic E-state index is 12.3. The van der Waals surface area contributed by atoms with Crippen LogP contribution >= 0.6 is 0 Å². The van der Waals surface area contributed by atoms with Crippen LogP contribution in [0, 0.1) is 24.7 Å². The highest BCUT2D eigenvalue weighted by Crippen LogP contribution is 2.45. The van der Waals surface area contributed by atoms with Gasteiger partial charge in [0.2, 0.25) is 0 Å².